The van der Waals surface area contributed by atoms with E-state index in [0.717, 1.165) is 22.0 Å². The highest BCUT2D eigenvalue weighted by Crippen LogP contribution is 2.15. The number of ketones is 1. The number of rotatable bonds is 12. The van der Waals surface area contributed by atoms with Gasteiger partial charge in [-0.3, -0.25) is 19.1 Å². The quantitative estimate of drug-likeness (QED) is 0.272. The minimum Gasteiger partial charge on any atom is -0.345 e. The molecule has 2 atom stereocenters. The van der Waals surface area contributed by atoms with Crippen LogP contribution >= 0.6 is 0 Å². The van der Waals surface area contributed by atoms with Gasteiger partial charge in [0.1, 0.15) is 6.04 Å². The topological polar surface area (TPSA) is 134 Å². The van der Waals surface area contributed by atoms with Crippen LogP contribution < -0.4 is 21.3 Å². The number of amides is 4. The first-order chi connectivity index (χ1) is 18.2. The maximum absolute atomic E-state index is 13.0. The molecule has 3 rings (SSSR count). The highest BCUT2D eigenvalue weighted by atomic mass is 16.2. The van der Waals surface area contributed by atoms with Crippen molar-refractivity contribution in [1.29, 1.82) is 0 Å². The summed E-state index contributed by atoms with van der Waals surface area (Å²) < 4.78 is 1.73. The minimum absolute atomic E-state index is 0.107. The molecule has 0 saturated heterocycles. The molecule has 1 aromatic heterocycles. The standard InChI is InChI=1S/C28H36N6O4/c1-5-22(25(35)27(37)29-16-20-11-12-21-17-31-34(4)24(21)14-20)32-26(36)23(13-18(2)3)33-28(38)30-15-19-9-7-6-8-10-19/h6-12,14,17-18,22-23H,5,13,15-16H2,1-4H3,(H,29,37)(H,32,36)(H2,30,33,38)/t22?,23-/m0/s1. The average Bonchev–Trinajstić information content (AvgIpc) is 3.28. The Morgan fingerprint density at radius 2 is 1.61 bits per heavy atom. The molecule has 202 valence electrons. The van der Waals surface area contributed by atoms with Gasteiger partial charge in [-0.25, -0.2) is 4.79 Å². The van der Waals surface area contributed by atoms with Gasteiger partial charge < -0.3 is 21.3 Å². The van der Waals surface area contributed by atoms with Gasteiger partial charge in [0.15, 0.2) is 0 Å². The molecular formula is C28H36N6O4. The van der Waals surface area contributed by atoms with Crippen LogP contribution in [0.25, 0.3) is 10.9 Å². The third kappa shape index (κ3) is 7.89. The fraction of sp³-hybridized carbons (Fsp3) is 0.393. The fourth-order valence-corrected chi connectivity index (χ4v) is 4.04. The molecule has 2 aromatic carbocycles. The van der Waals surface area contributed by atoms with Crippen molar-refractivity contribution in [1.82, 2.24) is 31.0 Å². The maximum atomic E-state index is 13.0. The molecule has 0 fully saturated rings. The summed E-state index contributed by atoms with van der Waals surface area (Å²) in [6, 6.07) is 12.7. The summed E-state index contributed by atoms with van der Waals surface area (Å²) in [5.74, 6) is -1.92. The molecular weight excluding hydrogens is 484 g/mol. The summed E-state index contributed by atoms with van der Waals surface area (Å²) in [5, 5.41) is 15.9. The van der Waals surface area contributed by atoms with E-state index in [1.54, 1.807) is 17.8 Å². The molecule has 38 heavy (non-hydrogen) atoms. The van der Waals surface area contributed by atoms with Crippen LogP contribution in [-0.2, 0) is 34.5 Å². The summed E-state index contributed by atoms with van der Waals surface area (Å²) in [4.78, 5) is 51.0. The number of aromatic nitrogens is 2. The van der Waals surface area contributed by atoms with E-state index in [-0.39, 0.29) is 18.9 Å². The Hall–Kier alpha value is -4.21. The number of hydrogen-bond acceptors (Lipinski definition) is 5. The number of aryl methyl sites for hydroxylation is 1. The van der Waals surface area contributed by atoms with Crippen LogP contribution in [0.5, 0.6) is 0 Å². The van der Waals surface area contributed by atoms with E-state index in [1.165, 1.54) is 0 Å². The molecule has 0 saturated carbocycles. The smallest absolute Gasteiger partial charge is 0.315 e. The van der Waals surface area contributed by atoms with Crippen LogP contribution in [0.4, 0.5) is 4.79 Å². The number of carbonyl (C=O) groups is 4. The third-order valence-electron chi connectivity index (χ3n) is 6.16. The van der Waals surface area contributed by atoms with Crippen LogP contribution in [0.15, 0.2) is 54.7 Å². The first-order valence-corrected chi connectivity index (χ1v) is 12.8. The second-order valence-electron chi connectivity index (χ2n) is 9.67. The summed E-state index contributed by atoms with van der Waals surface area (Å²) in [7, 11) is 1.83. The van der Waals surface area contributed by atoms with Crippen LogP contribution in [-0.4, -0.2) is 45.5 Å². The molecule has 0 aliphatic rings. The van der Waals surface area contributed by atoms with Gasteiger partial charge in [0.05, 0.1) is 17.8 Å². The molecule has 1 heterocycles. The molecule has 1 unspecified atom stereocenters. The summed E-state index contributed by atoms with van der Waals surface area (Å²) in [6.45, 7) is 6.05. The minimum atomic E-state index is -1.01. The largest absolute Gasteiger partial charge is 0.345 e. The average molecular weight is 521 g/mol. The molecule has 0 spiro atoms. The van der Waals surface area contributed by atoms with Crippen molar-refractivity contribution in [2.45, 2.75) is 58.8 Å². The zero-order valence-corrected chi connectivity index (χ0v) is 22.3. The highest BCUT2D eigenvalue weighted by molar-refractivity contribution is 6.38. The van der Waals surface area contributed by atoms with E-state index in [2.05, 4.69) is 26.4 Å². The lowest BCUT2D eigenvalue weighted by molar-refractivity contribution is -0.140. The summed E-state index contributed by atoms with van der Waals surface area (Å²) >= 11 is 0. The Morgan fingerprint density at radius 3 is 2.29 bits per heavy atom. The van der Waals surface area contributed by atoms with Crippen molar-refractivity contribution in [3.05, 3.63) is 65.9 Å². The van der Waals surface area contributed by atoms with Gasteiger partial charge in [0, 0.05) is 25.5 Å². The van der Waals surface area contributed by atoms with Crippen LogP contribution in [0.3, 0.4) is 0 Å². The van der Waals surface area contributed by atoms with Crippen molar-refractivity contribution < 1.29 is 19.2 Å². The van der Waals surface area contributed by atoms with Crippen LogP contribution in [0, 0.1) is 5.92 Å². The van der Waals surface area contributed by atoms with Gasteiger partial charge in [-0.05, 0) is 36.0 Å². The molecule has 0 radical (unpaired) electrons. The van der Waals surface area contributed by atoms with Crippen molar-refractivity contribution in [3.63, 3.8) is 0 Å². The van der Waals surface area contributed by atoms with Crippen molar-refractivity contribution in [2.24, 2.45) is 13.0 Å². The normalized spacial score (nSPS) is 12.6. The third-order valence-corrected chi connectivity index (χ3v) is 6.16. The molecule has 10 heteroatoms. The fourth-order valence-electron chi connectivity index (χ4n) is 4.04. The zero-order chi connectivity index (χ0) is 27.7. The predicted octanol–water partition coefficient (Wildman–Crippen LogP) is 2.57. The number of nitrogens with one attached hydrogen (secondary N) is 4. The molecule has 0 aliphatic carbocycles. The first-order valence-electron chi connectivity index (χ1n) is 12.8. The summed E-state index contributed by atoms with van der Waals surface area (Å²) in [6.07, 6.45) is 2.36. The van der Waals surface area contributed by atoms with Gasteiger partial charge in [0.25, 0.3) is 5.91 Å². The van der Waals surface area contributed by atoms with E-state index in [4.69, 9.17) is 0 Å². The number of fused-ring (bicyclic) bond motifs is 1. The summed E-state index contributed by atoms with van der Waals surface area (Å²) in [5.41, 5.74) is 2.66. The second-order valence-corrected chi connectivity index (χ2v) is 9.67. The second kappa shape index (κ2) is 13.4. The van der Waals surface area contributed by atoms with E-state index < -0.39 is 35.7 Å². The number of urea groups is 1. The maximum Gasteiger partial charge on any atom is 0.315 e. The Bertz CT molecular complexity index is 1270. The molecule has 10 nitrogen and oxygen atoms in total. The lowest BCUT2D eigenvalue weighted by atomic mass is 10.0. The molecule has 4 amide bonds. The van der Waals surface area contributed by atoms with E-state index in [1.807, 2.05) is 69.4 Å². The van der Waals surface area contributed by atoms with Crippen LogP contribution in [0.2, 0.25) is 0 Å². The first kappa shape index (κ1) is 28.4. The van der Waals surface area contributed by atoms with Gasteiger partial charge >= 0.3 is 6.03 Å². The van der Waals surface area contributed by atoms with E-state index in [0.29, 0.717) is 13.0 Å². The Kier molecular flexibility index (Phi) is 9.98. The number of benzene rings is 2. The van der Waals surface area contributed by atoms with Gasteiger partial charge in [-0.1, -0.05) is 63.2 Å². The van der Waals surface area contributed by atoms with Crippen molar-refractivity contribution >= 4 is 34.5 Å². The van der Waals surface area contributed by atoms with Crippen molar-refractivity contribution in [2.75, 3.05) is 0 Å². The van der Waals surface area contributed by atoms with Crippen LogP contribution in [0.1, 0.15) is 44.7 Å². The van der Waals surface area contributed by atoms with E-state index >= 15 is 0 Å². The predicted molar refractivity (Wildman–Crippen MR) is 145 cm³/mol. The highest BCUT2D eigenvalue weighted by Gasteiger charge is 2.29. The molecule has 0 bridgehead atoms. The Labute approximate surface area is 222 Å². The molecule has 4 N–H and O–H groups in total. The Morgan fingerprint density at radius 1 is 0.895 bits per heavy atom. The number of hydrogen-bond donors (Lipinski definition) is 4. The van der Waals surface area contributed by atoms with Gasteiger partial charge in [-0.15, -0.1) is 0 Å². The zero-order valence-electron chi connectivity index (χ0n) is 22.3. The Balaban J connectivity index is 1.56. The van der Waals surface area contributed by atoms with Crippen molar-refractivity contribution in [3.8, 4) is 0 Å². The number of nitrogens with zero attached hydrogens (tertiary/aromatic N) is 2. The number of Topliss-reactive ketones (excluding diaryl/α,β-unsaturated/α-hetero) is 1. The van der Waals surface area contributed by atoms with E-state index in [9.17, 15) is 19.2 Å². The van der Waals surface area contributed by atoms with Gasteiger partial charge in [0.2, 0.25) is 11.7 Å². The molecule has 3 aromatic rings. The SMILES string of the molecule is CCC(NC(=O)[C@H](CC(C)C)NC(=O)NCc1ccccc1)C(=O)C(=O)NCc1ccc2cnn(C)c2c1. The number of carbonyl (C=O) groups excluding carboxylic acids is 4. The monoisotopic (exact) mass is 520 g/mol. The molecule has 0 aliphatic heterocycles. The lowest BCUT2D eigenvalue weighted by Crippen LogP contribution is -2.55. The lowest BCUT2D eigenvalue weighted by Gasteiger charge is -2.23. The van der Waals surface area contributed by atoms with Gasteiger partial charge in [-0.2, -0.15) is 5.10 Å².